The minimum atomic E-state index is -0.593. The van der Waals surface area contributed by atoms with Gasteiger partial charge in [-0.25, -0.2) is 4.79 Å². The monoisotopic (exact) mass is 397 g/mol. The van der Waals surface area contributed by atoms with Gasteiger partial charge in [0, 0.05) is 6.54 Å². The lowest BCUT2D eigenvalue weighted by Crippen LogP contribution is -2.51. The predicted molar refractivity (Wildman–Crippen MR) is 115 cm³/mol. The summed E-state index contributed by atoms with van der Waals surface area (Å²) in [6, 6.07) is 16.4. The first-order valence-electron chi connectivity index (χ1n) is 9.99. The van der Waals surface area contributed by atoms with E-state index in [0.717, 1.165) is 11.3 Å². The second-order valence-electron chi connectivity index (χ2n) is 7.45. The molecule has 0 unspecified atom stereocenters. The molecule has 0 radical (unpaired) electrons. The van der Waals surface area contributed by atoms with E-state index in [9.17, 15) is 9.59 Å². The topological polar surface area (TPSA) is 79.5 Å². The maximum atomic E-state index is 12.5. The fourth-order valence-corrected chi connectivity index (χ4v) is 2.78. The predicted octanol–water partition coefficient (Wildman–Crippen LogP) is 3.40. The number of hydrogen-bond acceptors (Lipinski definition) is 3. The average Bonchev–Trinajstić information content (AvgIpc) is 2.70. The molecule has 2 aromatic carbocycles. The summed E-state index contributed by atoms with van der Waals surface area (Å²) in [6.45, 7) is 7.20. The van der Waals surface area contributed by atoms with Gasteiger partial charge in [-0.15, -0.1) is 0 Å². The Kier molecular flexibility index (Phi) is 9.02. The molecular formula is C23H31N3O3. The number of carbonyl (C=O) groups is 2. The van der Waals surface area contributed by atoms with E-state index in [1.807, 2.05) is 75.4 Å². The number of benzene rings is 2. The summed E-state index contributed by atoms with van der Waals surface area (Å²) >= 11 is 0. The van der Waals surface area contributed by atoms with Crippen LogP contribution in [0.25, 0.3) is 0 Å². The summed E-state index contributed by atoms with van der Waals surface area (Å²) in [5.74, 6) is 0.818. The molecule has 0 saturated carbocycles. The molecule has 0 saturated heterocycles. The Bertz CT molecular complexity index is 761. The minimum absolute atomic E-state index is 0.208. The van der Waals surface area contributed by atoms with Crippen molar-refractivity contribution in [3.8, 4) is 5.75 Å². The van der Waals surface area contributed by atoms with Gasteiger partial charge in [-0.2, -0.15) is 0 Å². The van der Waals surface area contributed by atoms with Gasteiger partial charge in [-0.05, 0) is 37.0 Å². The minimum Gasteiger partial charge on any atom is -0.492 e. The third-order valence-electron chi connectivity index (χ3n) is 4.32. The average molecular weight is 398 g/mol. The Morgan fingerprint density at radius 3 is 2.31 bits per heavy atom. The summed E-state index contributed by atoms with van der Waals surface area (Å²) in [5, 5.41) is 8.43. The zero-order valence-corrected chi connectivity index (χ0v) is 17.4. The fourth-order valence-electron chi connectivity index (χ4n) is 2.78. The van der Waals surface area contributed by atoms with Crippen LogP contribution in [0.4, 0.5) is 4.79 Å². The van der Waals surface area contributed by atoms with Crippen LogP contribution >= 0.6 is 0 Å². The number of carbonyl (C=O) groups excluding carboxylic acids is 2. The summed E-state index contributed by atoms with van der Waals surface area (Å²) < 4.78 is 5.58. The van der Waals surface area contributed by atoms with Gasteiger partial charge in [0.25, 0.3) is 0 Å². The smallest absolute Gasteiger partial charge is 0.315 e. The first-order chi connectivity index (χ1) is 13.9. The van der Waals surface area contributed by atoms with Gasteiger partial charge in [-0.3, -0.25) is 4.79 Å². The largest absolute Gasteiger partial charge is 0.492 e. The molecule has 0 heterocycles. The first kappa shape index (κ1) is 22.3. The first-order valence-corrected chi connectivity index (χ1v) is 9.99. The number of nitrogens with one attached hydrogen (secondary N) is 3. The second kappa shape index (κ2) is 11.7. The second-order valence-corrected chi connectivity index (χ2v) is 7.45. The molecule has 0 aliphatic carbocycles. The molecule has 2 rings (SSSR count). The number of hydrogen-bond donors (Lipinski definition) is 3. The van der Waals surface area contributed by atoms with Gasteiger partial charge in [0.2, 0.25) is 5.91 Å². The molecule has 1 atom stereocenters. The van der Waals surface area contributed by atoms with Crippen LogP contribution in [0, 0.1) is 12.8 Å². The van der Waals surface area contributed by atoms with E-state index < -0.39 is 6.04 Å². The van der Waals surface area contributed by atoms with Gasteiger partial charge in [0.05, 0.1) is 6.54 Å². The Labute approximate surface area is 173 Å². The van der Waals surface area contributed by atoms with Gasteiger partial charge in [0.15, 0.2) is 0 Å². The zero-order chi connectivity index (χ0) is 21.1. The molecule has 3 N–H and O–H groups in total. The summed E-state index contributed by atoms with van der Waals surface area (Å²) in [7, 11) is 0. The van der Waals surface area contributed by atoms with E-state index in [1.54, 1.807) is 0 Å². The van der Waals surface area contributed by atoms with E-state index in [4.69, 9.17) is 4.74 Å². The van der Waals surface area contributed by atoms with Crippen molar-refractivity contribution in [1.29, 1.82) is 0 Å². The van der Waals surface area contributed by atoms with Crippen molar-refractivity contribution in [2.24, 2.45) is 5.92 Å². The summed E-state index contributed by atoms with van der Waals surface area (Å²) in [5.41, 5.74) is 2.18. The molecule has 0 fully saturated rings. The van der Waals surface area contributed by atoms with Crippen LogP contribution in [-0.2, 0) is 11.3 Å². The molecule has 0 spiro atoms. The lowest BCUT2D eigenvalue weighted by atomic mass is 10.0. The van der Waals surface area contributed by atoms with Crippen molar-refractivity contribution >= 4 is 11.9 Å². The van der Waals surface area contributed by atoms with Crippen molar-refractivity contribution in [3.63, 3.8) is 0 Å². The number of amides is 3. The summed E-state index contributed by atoms with van der Waals surface area (Å²) in [6.07, 6.45) is 0.559. The van der Waals surface area contributed by atoms with Gasteiger partial charge in [-0.1, -0.05) is 61.9 Å². The van der Waals surface area contributed by atoms with E-state index in [-0.39, 0.29) is 17.9 Å². The number of urea groups is 1. The number of aryl methyl sites for hydroxylation is 1. The highest BCUT2D eigenvalue weighted by atomic mass is 16.5. The molecule has 0 aliphatic heterocycles. The molecule has 0 bridgehead atoms. The Hall–Kier alpha value is -3.02. The molecule has 2 aromatic rings. The highest BCUT2D eigenvalue weighted by molar-refractivity contribution is 5.87. The number of rotatable bonds is 10. The lowest BCUT2D eigenvalue weighted by molar-refractivity contribution is -0.123. The van der Waals surface area contributed by atoms with Gasteiger partial charge in [0.1, 0.15) is 18.4 Å². The molecule has 6 heteroatoms. The number of para-hydroxylation sites is 1. The molecule has 3 amide bonds. The quantitative estimate of drug-likeness (QED) is 0.538. The van der Waals surface area contributed by atoms with Crippen molar-refractivity contribution in [1.82, 2.24) is 16.0 Å². The van der Waals surface area contributed by atoms with Crippen molar-refractivity contribution < 1.29 is 14.3 Å². The highest BCUT2D eigenvalue weighted by Crippen LogP contribution is 2.08. The van der Waals surface area contributed by atoms with Crippen LogP contribution in [-0.4, -0.2) is 31.1 Å². The molecule has 6 nitrogen and oxygen atoms in total. The third kappa shape index (κ3) is 8.68. The Balaban J connectivity index is 1.77. The van der Waals surface area contributed by atoms with Gasteiger partial charge >= 0.3 is 6.03 Å². The van der Waals surface area contributed by atoms with Crippen LogP contribution in [0.15, 0.2) is 54.6 Å². The van der Waals surface area contributed by atoms with E-state index in [1.165, 1.54) is 5.56 Å². The van der Waals surface area contributed by atoms with Crippen molar-refractivity contribution in [2.45, 2.75) is 39.8 Å². The van der Waals surface area contributed by atoms with E-state index in [2.05, 4.69) is 16.0 Å². The van der Waals surface area contributed by atoms with Crippen LogP contribution in [0.3, 0.4) is 0 Å². The zero-order valence-electron chi connectivity index (χ0n) is 17.4. The van der Waals surface area contributed by atoms with E-state index >= 15 is 0 Å². The lowest BCUT2D eigenvalue weighted by Gasteiger charge is -2.20. The Morgan fingerprint density at radius 1 is 0.966 bits per heavy atom. The van der Waals surface area contributed by atoms with Crippen molar-refractivity contribution in [3.05, 3.63) is 65.7 Å². The molecule has 29 heavy (non-hydrogen) atoms. The van der Waals surface area contributed by atoms with Gasteiger partial charge < -0.3 is 20.7 Å². The SMILES string of the molecule is Cc1ccc(CNC(=O)N[C@H](CC(C)C)C(=O)NCCOc2ccccc2)cc1. The molecular weight excluding hydrogens is 366 g/mol. The molecule has 156 valence electrons. The molecule has 0 aliphatic rings. The van der Waals surface area contributed by atoms with Crippen LogP contribution in [0.5, 0.6) is 5.75 Å². The standard InChI is InChI=1S/C23H31N3O3/c1-17(2)15-21(22(27)24-13-14-29-20-7-5-4-6-8-20)26-23(28)25-16-19-11-9-18(3)10-12-19/h4-12,17,21H,13-16H2,1-3H3,(H,24,27)(H2,25,26,28)/t21-/m1/s1. The maximum absolute atomic E-state index is 12.5. The summed E-state index contributed by atoms with van der Waals surface area (Å²) in [4.78, 5) is 24.8. The van der Waals surface area contributed by atoms with Crippen LogP contribution < -0.4 is 20.7 Å². The van der Waals surface area contributed by atoms with Crippen molar-refractivity contribution in [2.75, 3.05) is 13.2 Å². The van der Waals surface area contributed by atoms with Crippen LogP contribution in [0.1, 0.15) is 31.4 Å². The third-order valence-corrected chi connectivity index (χ3v) is 4.32. The van der Waals surface area contributed by atoms with Crippen LogP contribution in [0.2, 0.25) is 0 Å². The van der Waals surface area contributed by atoms with E-state index in [0.29, 0.717) is 26.1 Å². The normalized spacial score (nSPS) is 11.6. The molecule has 0 aromatic heterocycles. The number of ether oxygens (including phenoxy) is 1. The highest BCUT2D eigenvalue weighted by Gasteiger charge is 2.21. The maximum Gasteiger partial charge on any atom is 0.315 e. The Morgan fingerprint density at radius 2 is 1.66 bits per heavy atom. The fraction of sp³-hybridized carbons (Fsp3) is 0.391.